The molecule has 1 aromatic carbocycles. The van der Waals surface area contributed by atoms with Crippen molar-refractivity contribution in [2.45, 2.75) is 70.4 Å². The van der Waals surface area contributed by atoms with Crippen LogP contribution in [0.5, 0.6) is 0 Å². The summed E-state index contributed by atoms with van der Waals surface area (Å²) in [7, 11) is 0. The topological polar surface area (TPSA) is 81.7 Å². The fourth-order valence-corrected chi connectivity index (χ4v) is 4.65. The first-order valence-corrected chi connectivity index (χ1v) is 10.7. The third-order valence-electron chi connectivity index (χ3n) is 6.04. The molecule has 0 atom stereocenters. The van der Waals surface area contributed by atoms with Crippen LogP contribution >= 0.6 is 11.6 Å². The number of hydrogen-bond acceptors (Lipinski definition) is 6. The van der Waals surface area contributed by atoms with Gasteiger partial charge in [0.2, 0.25) is 5.89 Å². The molecule has 0 radical (unpaired) electrons. The molecular formula is C21H25ClN6O. The second-order valence-corrected chi connectivity index (χ2v) is 8.82. The van der Waals surface area contributed by atoms with Crippen molar-refractivity contribution in [1.29, 1.82) is 0 Å². The molecule has 0 spiro atoms. The fourth-order valence-electron chi connectivity index (χ4n) is 4.45. The van der Waals surface area contributed by atoms with Crippen LogP contribution < -0.4 is 5.32 Å². The summed E-state index contributed by atoms with van der Waals surface area (Å²) in [5.41, 5.74) is 2.32. The van der Waals surface area contributed by atoms with Gasteiger partial charge in [0, 0.05) is 29.3 Å². The summed E-state index contributed by atoms with van der Waals surface area (Å²) in [4.78, 5) is 4.61. The van der Waals surface area contributed by atoms with Crippen molar-refractivity contribution in [3.63, 3.8) is 0 Å². The highest BCUT2D eigenvalue weighted by Gasteiger charge is 2.31. The quantitative estimate of drug-likeness (QED) is 0.683. The molecular weight excluding hydrogens is 388 g/mol. The molecule has 2 aliphatic rings. The molecule has 3 heterocycles. The summed E-state index contributed by atoms with van der Waals surface area (Å²) in [6.07, 6.45) is 4.17. The van der Waals surface area contributed by atoms with E-state index in [0.29, 0.717) is 18.4 Å². The number of halogens is 1. The molecule has 1 aliphatic carbocycles. The SMILES string of the molecule is CC(C)c1nc(C2CCC(c3nnc4n3-c3ccc(Cl)cc3CNC4)CC2)no1. The Labute approximate surface area is 174 Å². The van der Waals surface area contributed by atoms with Crippen LogP contribution in [0.1, 0.15) is 86.2 Å². The van der Waals surface area contributed by atoms with Crippen LogP contribution in [-0.4, -0.2) is 24.9 Å². The summed E-state index contributed by atoms with van der Waals surface area (Å²) < 4.78 is 7.65. The largest absolute Gasteiger partial charge is 0.339 e. The van der Waals surface area contributed by atoms with Gasteiger partial charge < -0.3 is 9.84 Å². The number of nitrogens with one attached hydrogen (secondary N) is 1. The van der Waals surface area contributed by atoms with Gasteiger partial charge in [0.05, 0.1) is 12.2 Å². The highest BCUT2D eigenvalue weighted by atomic mass is 35.5. The van der Waals surface area contributed by atoms with Gasteiger partial charge in [-0.2, -0.15) is 4.98 Å². The lowest BCUT2D eigenvalue weighted by molar-refractivity contribution is 0.338. The Morgan fingerprint density at radius 1 is 1.10 bits per heavy atom. The van der Waals surface area contributed by atoms with Crippen molar-refractivity contribution >= 4 is 11.6 Å². The first-order valence-electron chi connectivity index (χ1n) is 10.4. The summed E-state index contributed by atoms with van der Waals surface area (Å²) in [6.45, 7) is 5.63. The Morgan fingerprint density at radius 3 is 2.66 bits per heavy atom. The molecule has 152 valence electrons. The predicted octanol–water partition coefficient (Wildman–Crippen LogP) is 4.47. The van der Waals surface area contributed by atoms with E-state index in [1.54, 1.807) is 0 Å². The summed E-state index contributed by atoms with van der Waals surface area (Å²) in [5.74, 6) is 4.61. The van der Waals surface area contributed by atoms with E-state index in [4.69, 9.17) is 16.1 Å². The molecule has 1 saturated carbocycles. The van der Waals surface area contributed by atoms with Crippen LogP contribution in [0.4, 0.5) is 0 Å². The van der Waals surface area contributed by atoms with E-state index >= 15 is 0 Å². The minimum atomic E-state index is 0.265. The highest BCUT2D eigenvalue weighted by Crippen LogP contribution is 2.40. The molecule has 1 fully saturated rings. The van der Waals surface area contributed by atoms with Crippen molar-refractivity contribution in [1.82, 2.24) is 30.2 Å². The van der Waals surface area contributed by atoms with Crippen LogP contribution in [0.3, 0.4) is 0 Å². The van der Waals surface area contributed by atoms with Gasteiger partial charge in [-0.15, -0.1) is 10.2 Å². The zero-order valence-electron chi connectivity index (χ0n) is 16.7. The van der Waals surface area contributed by atoms with Gasteiger partial charge in [-0.25, -0.2) is 0 Å². The Balaban J connectivity index is 1.39. The van der Waals surface area contributed by atoms with Gasteiger partial charge in [-0.1, -0.05) is 30.6 Å². The molecule has 0 bridgehead atoms. The number of fused-ring (bicyclic) bond motifs is 3. The van der Waals surface area contributed by atoms with E-state index in [0.717, 1.165) is 66.3 Å². The van der Waals surface area contributed by atoms with Crippen LogP contribution in [-0.2, 0) is 13.1 Å². The molecule has 29 heavy (non-hydrogen) atoms. The Bertz CT molecular complexity index is 1020. The molecule has 8 heteroatoms. The molecule has 3 aromatic rings. The van der Waals surface area contributed by atoms with Crippen LogP contribution in [0.2, 0.25) is 5.02 Å². The first kappa shape index (κ1) is 18.8. The number of benzene rings is 1. The number of hydrogen-bond donors (Lipinski definition) is 1. The minimum Gasteiger partial charge on any atom is -0.339 e. The van der Waals surface area contributed by atoms with Gasteiger partial charge in [0.15, 0.2) is 11.6 Å². The lowest BCUT2D eigenvalue weighted by atomic mass is 9.81. The molecule has 2 aromatic heterocycles. The van der Waals surface area contributed by atoms with E-state index < -0.39 is 0 Å². The van der Waals surface area contributed by atoms with Crippen molar-refractivity contribution < 1.29 is 4.52 Å². The second-order valence-electron chi connectivity index (χ2n) is 8.38. The average molecular weight is 413 g/mol. The van der Waals surface area contributed by atoms with E-state index in [1.165, 1.54) is 5.56 Å². The van der Waals surface area contributed by atoms with Crippen molar-refractivity contribution in [2.75, 3.05) is 0 Å². The normalized spacial score (nSPS) is 21.7. The van der Waals surface area contributed by atoms with Gasteiger partial charge in [0.1, 0.15) is 5.82 Å². The molecule has 0 saturated heterocycles. The lowest BCUT2D eigenvalue weighted by Crippen LogP contribution is -2.17. The van der Waals surface area contributed by atoms with E-state index in [-0.39, 0.29) is 5.92 Å². The van der Waals surface area contributed by atoms with E-state index in [2.05, 4.69) is 50.1 Å². The van der Waals surface area contributed by atoms with Crippen molar-refractivity contribution in [3.8, 4) is 5.69 Å². The molecule has 7 nitrogen and oxygen atoms in total. The fraction of sp³-hybridized carbons (Fsp3) is 0.524. The standard InChI is InChI=1S/C21H25ClN6O/c1-12(2)21-24-19(27-29-21)13-3-5-14(6-4-13)20-26-25-18-11-23-10-15-9-16(22)7-8-17(15)28(18)20/h7-9,12-14,23H,3-6,10-11H2,1-2H3. The molecule has 5 rings (SSSR count). The highest BCUT2D eigenvalue weighted by molar-refractivity contribution is 6.30. The maximum atomic E-state index is 6.23. The zero-order chi connectivity index (χ0) is 20.0. The lowest BCUT2D eigenvalue weighted by Gasteiger charge is -2.26. The van der Waals surface area contributed by atoms with Gasteiger partial charge >= 0.3 is 0 Å². The Hall–Kier alpha value is -2.25. The number of aromatic nitrogens is 5. The smallest absolute Gasteiger partial charge is 0.229 e. The maximum Gasteiger partial charge on any atom is 0.229 e. The van der Waals surface area contributed by atoms with Crippen molar-refractivity contribution in [2.24, 2.45) is 0 Å². The second kappa shape index (κ2) is 7.54. The summed E-state index contributed by atoms with van der Waals surface area (Å²) in [5, 5.41) is 17.5. The predicted molar refractivity (Wildman–Crippen MR) is 109 cm³/mol. The third kappa shape index (κ3) is 3.46. The molecule has 1 aliphatic heterocycles. The molecule has 0 unspecified atom stereocenters. The third-order valence-corrected chi connectivity index (χ3v) is 6.28. The van der Waals surface area contributed by atoms with Crippen LogP contribution in [0, 0.1) is 0 Å². The number of nitrogens with zero attached hydrogens (tertiary/aromatic N) is 5. The summed E-state index contributed by atoms with van der Waals surface area (Å²) >= 11 is 6.23. The monoisotopic (exact) mass is 412 g/mol. The maximum absolute atomic E-state index is 6.23. The molecule has 1 N–H and O–H groups in total. The number of rotatable bonds is 3. The van der Waals surface area contributed by atoms with Gasteiger partial charge in [0.25, 0.3) is 0 Å². The Kier molecular flexibility index (Phi) is 4.87. The van der Waals surface area contributed by atoms with Crippen LogP contribution in [0.15, 0.2) is 22.7 Å². The summed E-state index contributed by atoms with van der Waals surface area (Å²) in [6, 6.07) is 6.06. The molecule has 0 amide bonds. The van der Waals surface area contributed by atoms with Crippen molar-refractivity contribution in [3.05, 3.63) is 52.1 Å². The average Bonchev–Trinajstić information content (AvgIpc) is 3.33. The van der Waals surface area contributed by atoms with Gasteiger partial charge in [-0.3, -0.25) is 4.57 Å². The van der Waals surface area contributed by atoms with Gasteiger partial charge in [-0.05, 0) is 49.4 Å². The van der Waals surface area contributed by atoms with E-state index in [1.807, 2.05) is 12.1 Å². The Morgan fingerprint density at radius 2 is 1.90 bits per heavy atom. The van der Waals surface area contributed by atoms with E-state index in [9.17, 15) is 0 Å². The van der Waals surface area contributed by atoms with Crippen LogP contribution in [0.25, 0.3) is 5.69 Å². The zero-order valence-corrected chi connectivity index (χ0v) is 17.5. The first-order chi connectivity index (χ1) is 14.1. The minimum absolute atomic E-state index is 0.265.